The summed E-state index contributed by atoms with van der Waals surface area (Å²) in [4.78, 5) is 0. The maximum atomic E-state index is 10.3. The highest BCUT2D eigenvalue weighted by Gasteiger charge is 2.34. The van der Waals surface area contributed by atoms with E-state index in [9.17, 15) is 5.11 Å². The number of benzene rings is 1. The maximum absolute atomic E-state index is 10.3. The van der Waals surface area contributed by atoms with E-state index in [1.807, 2.05) is 17.8 Å². The second-order valence-corrected chi connectivity index (χ2v) is 7.94. The van der Waals surface area contributed by atoms with Gasteiger partial charge in [0.05, 0.1) is 0 Å². The Hall–Kier alpha value is -0.670. The van der Waals surface area contributed by atoms with Crippen molar-refractivity contribution in [3.63, 3.8) is 0 Å². The van der Waals surface area contributed by atoms with Crippen molar-refractivity contribution in [1.29, 1.82) is 0 Å². The highest BCUT2D eigenvalue weighted by atomic mass is 32.2. The van der Waals surface area contributed by atoms with Crippen molar-refractivity contribution in [2.24, 2.45) is 0 Å². The van der Waals surface area contributed by atoms with Crippen molar-refractivity contribution >= 4 is 11.8 Å². The number of rotatable bonds is 3. The first-order valence-electron chi connectivity index (χ1n) is 8.21. The lowest BCUT2D eigenvalue weighted by atomic mass is 9.93. The molecule has 4 atom stereocenters. The summed E-state index contributed by atoms with van der Waals surface area (Å²) in [5.74, 6) is 1.03. The van der Waals surface area contributed by atoms with Crippen LogP contribution in [0.15, 0.2) is 12.1 Å². The molecule has 1 aromatic rings. The molecule has 3 rings (SSSR count). The van der Waals surface area contributed by atoms with Gasteiger partial charge in [0, 0.05) is 22.9 Å². The van der Waals surface area contributed by atoms with Crippen molar-refractivity contribution in [1.82, 2.24) is 5.32 Å². The summed E-state index contributed by atoms with van der Waals surface area (Å²) < 4.78 is 0. The molecule has 1 aromatic carbocycles. The average molecular weight is 305 g/mol. The van der Waals surface area contributed by atoms with E-state index >= 15 is 0 Å². The lowest BCUT2D eigenvalue weighted by molar-refractivity contribution is 0.335. The van der Waals surface area contributed by atoms with Gasteiger partial charge in [-0.1, -0.05) is 19.4 Å². The molecule has 3 heteroatoms. The number of aryl methyl sites for hydroxylation is 1. The molecule has 0 aliphatic heterocycles. The Labute approximate surface area is 132 Å². The van der Waals surface area contributed by atoms with Gasteiger partial charge in [0.2, 0.25) is 0 Å². The molecule has 2 nitrogen and oxygen atoms in total. The van der Waals surface area contributed by atoms with Crippen LogP contribution in [0.25, 0.3) is 0 Å². The Morgan fingerprint density at radius 1 is 1.19 bits per heavy atom. The lowest BCUT2D eigenvalue weighted by Gasteiger charge is -2.31. The van der Waals surface area contributed by atoms with Crippen LogP contribution in [-0.4, -0.2) is 22.7 Å². The van der Waals surface area contributed by atoms with E-state index in [0.29, 0.717) is 23.8 Å². The molecule has 2 N–H and O–H groups in total. The minimum Gasteiger partial charge on any atom is -0.508 e. The van der Waals surface area contributed by atoms with E-state index in [0.717, 1.165) is 11.7 Å². The van der Waals surface area contributed by atoms with E-state index in [1.54, 1.807) is 0 Å². The third kappa shape index (κ3) is 2.95. The second-order valence-electron chi connectivity index (χ2n) is 6.81. The largest absolute Gasteiger partial charge is 0.508 e. The van der Waals surface area contributed by atoms with Crippen LogP contribution in [0.5, 0.6) is 5.75 Å². The summed E-state index contributed by atoms with van der Waals surface area (Å²) >= 11 is 2.01. The summed E-state index contributed by atoms with van der Waals surface area (Å²) in [5.41, 5.74) is 3.88. The van der Waals surface area contributed by atoms with Gasteiger partial charge in [0.15, 0.2) is 0 Å². The van der Waals surface area contributed by atoms with Gasteiger partial charge in [-0.25, -0.2) is 0 Å². The van der Waals surface area contributed by atoms with Crippen molar-refractivity contribution < 1.29 is 5.11 Å². The number of hydrogen-bond donors (Lipinski definition) is 2. The van der Waals surface area contributed by atoms with Gasteiger partial charge in [0.1, 0.15) is 5.75 Å². The molecule has 0 spiro atoms. The van der Waals surface area contributed by atoms with E-state index in [4.69, 9.17) is 0 Å². The first-order valence-corrected chi connectivity index (χ1v) is 9.50. The average Bonchev–Trinajstić information content (AvgIpc) is 2.81. The molecule has 0 bridgehead atoms. The zero-order valence-electron chi connectivity index (χ0n) is 13.4. The SMILES string of the molecule is CSC1CCCC(NC2CC(C)c3c(C)ccc(O)c32)C1. The number of aromatic hydroxyl groups is 1. The third-order valence-electron chi connectivity index (χ3n) is 5.31. The van der Waals surface area contributed by atoms with Crippen LogP contribution in [0.3, 0.4) is 0 Å². The van der Waals surface area contributed by atoms with Gasteiger partial charge in [0.25, 0.3) is 0 Å². The number of hydrogen-bond acceptors (Lipinski definition) is 3. The van der Waals surface area contributed by atoms with Crippen molar-refractivity contribution in [2.75, 3.05) is 6.26 Å². The van der Waals surface area contributed by atoms with Crippen molar-refractivity contribution in [2.45, 2.75) is 69.2 Å². The molecule has 0 radical (unpaired) electrons. The smallest absolute Gasteiger partial charge is 0.120 e. The van der Waals surface area contributed by atoms with Gasteiger partial charge in [-0.3, -0.25) is 0 Å². The molecule has 2 aliphatic rings. The molecule has 1 fully saturated rings. The zero-order chi connectivity index (χ0) is 15.0. The van der Waals surface area contributed by atoms with E-state index in [2.05, 4.69) is 31.5 Å². The van der Waals surface area contributed by atoms with Crippen LogP contribution in [0.1, 0.15) is 67.7 Å². The van der Waals surface area contributed by atoms with Gasteiger partial charge in [-0.2, -0.15) is 11.8 Å². The molecular weight excluding hydrogens is 278 g/mol. The Morgan fingerprint density at radius 2 is 2.00 bits per heavy atom. The quantitative estimate of drug-likeness (QED) is 0.861. The molecule has 21 heavy (non-hydrogen) atoms. The monoisotopic (exact) mass is 305 g/mol. The van der Waals surface area contributed by atoms with Crippen LogP contribution >= 0.6 is 11.8 Å². The summed E-state index contributed by atoms with van der Waals surface area (Å²) in [7, 11) is 0. The van der Waals surface area contributed by atoms with Crippen molar-refractivity contribution in [3.8, 4) is 5.75 Å². The van der Waals surface area contributed by atoms with Crippen LogP contribution in [0.4, 0.5) is 0 Å². The van der Waals surface area contributed by atoms with Crippen LogP contribution in [0, 0.1) is 6.92 Å². The van der Waals surface area contributed by atoms with Gasteiger partial charge < -0.3 is 10.4 Å². The Morgan fingerprint density at radius 3 is 2.76 bits per heavy atom. The van der Waals surface area contributed by atoms with E-state index < -0.39 is 0 Å². The Balaban J connectivity index is 1.78. The van der Waals surface area contributed by atoms with Crippen LogP contribution in [-0.2, 0) is 0 Å². The Bertz CT molecular complexity index is 516. The molecule has 1 saturated carbocycles. The fraction of sp³-hybridized carbons (Fsp3) is 0.667. The molecule has 0 amide bonds. The fourth-order valence-electron chi connectivity index (χ4n) is 4.29. The zero-order valence-corrected chi connectivity index (χ0v) is 14.2. The summed E-state index contributed by atoms with van der Waals surface area (Å²) in [6.07, 6.45) is 8.60. The van der Waals surface area contributed by atoms with E-state index in [1.165, 1.54) is 42.4 Å². The topological polar surface area (TPSA) is 32.3 Å². The maximum Gasteiger partial charge on any atom is 0.120 e. The van der Waals surface area contributed by atoms with Crippen LogP contribution in [0.2, 0.25) is 0 Å². The van der Waals surface area contributed by atoms with E-state index in [-0.39, 0.29) is 0 Å². The molecule has 4 unspecified atom stereocenters. The highest BCUT2D eigenvalue weighted by Crippen LogP contribution is 2.46. The molecular formula is C18H27NOS. The number of nitrogens with one attached hydrogen (secondary N) is 1. The fourth-order valence-corrected chi connectivity index (χ4v) is 5.12. The van der Waals surface area contributed by atoms with Gasteiger partial charge in [-0.15, -0.1) is 0 Å². The summed E-state index contributed by atoms with van der Waals surface area (Å²) in [6.45, 7) is 4.46. The number of fused-ring (bicyclic) bond motifs is 1. The third-order valence-corrected chi connectivity index (χ3v) is 6.40. The molecule has 0 saturated heterocycles. The molecule has 0 aromatic heterocycles. The predicted octanol–water partition coefficient (Wildman–Crippen LogP) is 4.51. The predicted molar refractivity (Wildman–Crippen MR) is 91.3 cm³/mol. The first-order chi connectivity index (χ1) is 10.1. The number of thioether (sulfide) groups is 1. The minimum atomic E-state index is 0.334. The molecule has 116 valence electrons. The standard InChI is InChI=1S/C18H27NOS/c1-11-7-8-16(20)18-15(9-12(2)17(11)18)19-13-5-4-6-14(10-13)21-3/h7-8,12-15,19-20H,4-6,9-10H2,1-3H3. The number of phenols is 1. The van der Waals surface area contributed by atoms with Crippen molar-refractivity contribution in [3.05, 3.63) is 28.8 Å². The molecule has 0 heterocycles. The number of phenolic OH excluding ortho intramolecular Hbond substituents is 1. The lowest BCUT2D eigenvalue weighted by Crippen LogP contribution is -2.37. The Kier molecular flexibility index (Phi) is 4.51. The van der Waals surface area contributed by atoms with Crippen LogP contribution < -0.4 is 5.32 Å². The van der Waals surface area contributed by atoms with Gasteiger partial charge >= 0.3 is 0 Å². The molecule has 2 aliphatic carbocycles. The minimum absolute atomic E-state index is 0.334. The first kappa shape index (κ1) is 15.2. The highest BCUT2D eigenvalue weighted by molar-refractivity contribution is 7.99. The summed E-state index contributed by atoms with van der Waals surface area (Å²) in [6, 6.07) is 4.86. The van der Waals surface area contributed by atoms with Gasteiger partial charge in [-0.05, 0) is 62.0 Å². The second kappa shape index (κ2) is 6.21. The normalized spacial score (nSPS) is 32.1. The summed E-state index contributed by atoms with van der Waals surface area (Å²) in [5, 5.41) is 15.0.